The summed E-state index contributed by atoms with van der Waals surface area (Å²) in [5.74, 6) is 1.20. The predicted octanol–water partition coefficient (Wildman–Crippen LogP) is 3.83. The number of halogens is 1. The summed E-state index contributed by atoms with van der Waals surface area (Å²) in [4.78, 5) is 8.74. The smallest absolute Gasteiger partial charge is 0.229 e. The van der Waals surface area contributed by atoms with Crippen molar-refractivity contribution in [1.82, 2.24) is 15.3 Å². The first-order chi connectivity index (χ1) is 14.4. The number of benzene rings is 1. The molecule has 30 heavy (non-hydrogen) atoms. The maximum absolute atomic E-state index is 12.4. The Bertz CT molecular complexity index is 1060. The largest absolute Gasteiger partial charge is 0.474 e. The third-order valence-corrected chi connectivity index (χ3v) is 8.66. The van der Waals surface area contributed by atoms with Crippen LogP contribution in [-0.2, 0) is 9.84 Å². The highest BCUT2D eigenvalue weighted by atomic mass is 35.5. The molecule has 7 nitrogen and oxygen atoms in total. The van der Waals surface area contributed by atoms with Crippen LogP contribution in [0.4, 0.5) is 0 Å². The molecule has 0 radical (unpaired) electrons. The lowest BCUT2D eigenvalue weighted by molar-refractivity contribution is 0.130. The molecule has 3 heterocycles. The van der Waals surface area contributed by atoms with Crippen LogP contribution in [0.1, 0.15) is 44.1 Å². The molecule has 1 aromatic carbocycles. The minimum atomic E-state index is -3.30. The third-order valence-electron chi connectivity index (χ3n) is 6.10. The average Bonchev–Trinajstić information content (AvgIpc) is 3.52. The van der Waals surface area contributed by atoms with Crippen LogP contribution in [0.2, 0.25) is 5.02 Å². The van der Waals surface area contributed by atoms with Gasteiger partial charge < -0.3 is 14.8 Å². The van der Waals surface area contributed by atoms with Crippen LogP contribution < -0.4 is 14.8 Å². The van der Waals surface area contributed by atoms with Gasteiger partial charge >= 0.3 is 0 Å². The Morgan fingerprint density at radius 1 is 1.07 bits per heavy atom. The fourth-order valence-corrected chi connectivity index (χ4v) is 6.28. The summed E-state index contributed by atoms with van der Waals surface area (Å²) < 4.78 is 36.9. The minimum absolute atomic E-state index is 0.126. The van der Waals surface area contributed by atoms with Crippen molar-refractivity contribution in [3.8, 4) is 17.5 Å². The van der Waals surface area contributed by atoms with Gasteiger partial charge in [0, 0.05) is 12.1 Å². The first kappa shape index (κ1) is 20.0. The molecule has 1 N–H and O–H groups in total. The molecule has 9 heteroatoms. The third kappa shape index (κ3) is 3.88. The van der Waals surface area contributed by atoms with Gasteiger partial charge in [-0.1, -0.05) is 11.6 Å². The summed E-state index contributed by atoms with van der Waals surface area (Å²) in [5.41, 5.74) is 0.689. The van der Waals surface area contributed by atoms with Crippen molar-refractivity contribution < 1.29 is 17.9 Å². The van der Waals surface area contributed by atoms with Gasteiger partial charge in [-0.2, -0.15) is 0 Å². The minimum Gasteiger partial charge on any atom is -0.474 e. The fourth-order valence-electron chi connectivity index (χ4n) is 4.32. The number of sulfone groups is 1. The van der Waals surface area contributed by atoms with Crippen LogP contribution in [-0.4, -0.2) is 41.8 Å². The van der Waals surface area contributed by atoms with Crippen LogP contribution in [0.25, 0.3) is 0 Å². The van der Waals surface area contributed by atoms with Crippen LogP contribution >= 0.6 is 11.6 Å². The average molecular weight is 450 g/mol. The molecular weight excluding hydrogens is 426 g/mol. The Labute approximate surface area is 181 Å². The molecule has 2 aliphatic heterocycles. The Kier molecular flexibility index (Phi) is 5.11. The van der Waals surface area contributed by atoms with Crippen LogP contribution in [0.15, 0.2) is 29.4 Å². The second-order valence-corrected chi connectivity index (χ2v) is 11.0. The number of ether oxygens (including phenoxy) is 2. The molecule has 2 saturated heterocycles. The first-order valence-corrected chi connectivity index (χ1v) is 12.3. The van der Waals surface area contributed by atoms with Gasteiger partial charge in [0.1, 0.15) is 18.2 Å². The van der Waals surface area contributed by atoms with Gasteiger partial charge in [0.25, 0.3) is 0 Å². The van der Waals surface area contributed by atoms with E-state index in [1.807, 2.05) is 6.92 Å². The van der Waals surface area contributed by atoms with Crippen molar-refractivity contribution in [3.63, 3.8) is 0 Å². The van der Waals surface area contributed by atoms with Crippen LogP contribution in [0, 0.1) is 6.92 Å². The van der Waals surface area contributed by atoms with Crippen molar-refractivity contribution in [2.75, 3.05) is 0 Å². The lowest BCUT2D eigenvalue weighted by Gasteiger charge is -2.29. The number of aromatic nitrogens is 2. The van der Waals surface area contributed by atoms with E-state index < -0.39 is 9.84 Å². The summed E-state index contributed by atoms with van der Waals surface area (Å²) in [6, 6.07) is 5.60. The van der Waals surface area contributed by atoms with Gasteiger partial charge in [-0.3, -0.25) is 0 Å². The Morgan fingerprint density at radius 2 is 1.77 bits per heavy atom. The van der Waals surface area contributed by atoms with E-state index in [0.29, 0.717) is 48.0 Å². The van der Waals surface area contributed by atoms with Gasteiger partial charge in [0.2, 0.25) is 11.8 Å². The van der Waals surface area contributed by atoms with Gasteiger partial charge in [-0.25, -0.2) is 18.4 Å². The monoisotopic (exact) mass is 449 g/mol. The lowest BCUT2D eigenvalue weighted by Crippen LogP contribution is -2.42. The van der Waals surface area contributed by atoms with Crippen LogP contribution in [0.3, 0.4) is 0 Å². The highest BCUT2D eigenvalue weighted by Crippen LogP contribution is 2.38. The summed E-state index contributed by atoms with van der Waals surface area (Å²) in [6.07, 6.45) is 7.30. The molecule has 3 atom stereocenters. The van der Waals surface area contributed by atoms with E-state index >= 15 is 0 Å². The number of hydrogen-bond acceptors (Lipinski definition) is 7. The van der Waals surface area contributed by atoms with Gasteiger partial charge in [-0.05, 0) is 63.6 Å². The quantitative estimate of drug-likeness (QED) is 0.716. The van der Waals surface area contributed by atoms with Crippen LogP contribution in [0.5, 0.6) is 17.5 Å². The molecule has 2 unspecified atom stereocenters. The molecule has 0 spiro atoms. The van der Waals surface area contributed by atoms with Crippen molar-refractivity contribution in [2.24, 2.45) is 0 Å². The summed E-state index contributed by atoms with van der Waals surface area (Å²) >= 11 is 6.33. The molecule has 3 aliphatic rings. The van der Waals surface area contributed by atoms with E-state index in [2.05, 4.69) is 15.3 Å². The summed E-state index contributed by atoms with van der Waals surface area (Å²) in [5, 5.41) is 3.55. The van der Waals surface area contributed by atoms with Crippen molar-refractivity contribution in [2.45, 2.75) is 73.8 Å². The molecule has 3 fully saturated rings. The van der Waals surface area contributed by atoms with Crippen molar-refractivity contribution >= 4 is 21.4 Å². The highest BCUT2D eigenvalue weighted by Gasteiger charge is 2.37. The second kappa shape index (κ2) is 7.66. The van der Waals surface area contributed by atoms with Gasteiger partial charge in [0.15, 0.2) is 9.84 Å². The van der Waals surface area contributed by atoms with Gasteiger partial charge in [-0.15, -0.1) is 0 Å². The van der Waals surface area contributed by atoms with E-state index in [1.165, 1.54) is 31.3 Å². The maximum Gasteiger partial charge on any atom is 0.229 e. The van der Waals surface area contributed by atoms with E-state index in [0.717, 1.165) is 12.8 Å². The molecule has 1 aliphatic carbocycles. The number of nitrogens with one attached hydrogen (secondary N) is 1. The SMILES string of the molecule is Cc1c(Oc2ccc(S(=O)(=O)C3CC3)cc2Cl)ncnc1OC1CC2CC[C@@H](C1)N2. The number of rotatable bonds is 6. The molecule has 160 valence electrons. The lowest BCUT2D eigenvalue weighted by atomic mass is 10.0. The van der Waals surface area contributed by atoms with Gasteiger partial charge in [0.05, 0.1) is 20.7 Å². The number of piperidine rings is 1. The molecule has 2 bridgehead atoms. The second-order valence-electron chi connectivity index (χ2n) is 8.40. The molecule has 5 rings (SSSR count). The van der Waals surface area contributed by atoms with E-state index in [1.54, 1.807) is 6.07 Å². The number of hydrogen-bond donors (Lipinski definition) is 1. The van der Waals surface area contributed by atoms with Crippen molar-refractivity contribution in [3.05, 3.63) is 35.1 Å². The Morgan fingerprint density at radius 3 is 2.43 bits per heavy atom. The highest BCUT2D eigenvalue weighted by molar-refractivity contribution is 7.92. The molecule has 0 amide bonds. The molecular formula is C21H24ClN3O4S. The van der Waals surface area contributed by atoms with E-state index in [-0.39, 0.29) is 21.3 Å². The topological polar surface area (TPSA) is 90.4 Å². The maximum atomic E-state index is 12.4. The zero-order valence-corrected chi connectivity index (χ0v) is 18.2. The number of nitrogens with zero attached hydrogens (tertiary/aromatic N) is 2. The Balaban J connectivity index is 1.33. The molecule has 2 aromatic rings. The van der Waals surface area contributed by atoms with Crippen molar-refractivity contribution in [1.29, 1.82) is 0 Å². The zero-order valence-electron chi connectivity index (χ0n) is 16.7. The van der Waals surface area contributed by atoms with E-state index in [4.69, 9.17) is 21.1 Å². The number of fused-ring (bicyclic) bond motifs is 2. The molecule has 1 aromatic heterocycles. The first-order valence-electron chi connectivity index (χ1n) is 10.4. The normalized spacial score (nSPS) is 25.9. The zero-order chi connectivity index (χ0) is 20.9. The molecule has 1 saturated carbocycles. The standard InChI is InChI=1S/C21H24ClN3O4S/c1-12-20(28-15-8-13-2-3-14(9-15)25-13)23-11-24-21(12)29-19-7-6-17(10-18(19)22)30(26,27)16-4-5-16/h6-7,10-11,13-16,25H,2-5,8-9H2,1H3/t13-,14?,15?/m0/s1. The summed E-state index contributed by atoms with van der Waals surface area (Å²) in [7, 11) is -3.30. The summed E-state index contributed by atoms with van der Waals surface area (Å²) in [6.45, 7) is 1.85. The fraction of sp³-hybridized carbons (Fsp3) is 0.524. The predicted molar refractivity (Wildman–Crippen MR) is 112 cm³/mol. The van der Waals surface area contributed by atoms with E-state index in [9.17, 15) is 8.42 Å². The Hall–Kier alpha value is -1.90.